The first-order valence-electron chi connectivity index (χ1n) is 8.06. The summed E-state index contributed by atoms with van der Waals surface area (Å²) < 4.78 is 12.3. The molecule has 8 heteroatoms. The van der Waals surface area contributed by atoms with Crippen LogP contribution in [0.2, 0.25) is 0 Å². The molecular weight excluding hydrogens is 324 g/mol. The van der Waals surface area contributed by atoms with Crippen molar-refractivity contribution in [3.8, 4) is 11.8 Å². The van der Waals surface area contributed by atoms with Gasteiger partial charge in [-0.15, -0.1) is 0 Å². The number of aromatic nitrogens is 3. The molecule has 1 saturated heterocycles. The van der Waals surface area contributed by atoms with Gasteiger partial charge in [0.2, 0.25) is 11.8 Å². The Morgan fingerprint density at radius 1 is 1.32 bits per heavy atom. The standard InChI is InChI=1S/C17H20N4O4/c1-20-7-4-6-13(16(20)22)17(23)21-8-3-5-12(11-21)25-15-10-18-9-14(19-15)24-2/h4,6-7,9-10,12H,3,5,8,11H2,1-2H3/t12-/m0/s1. The van der Waals surface area contributed by atoms with E-state index in [0.29, 0.717) is 24.8 Å². The lowest BCUT2D eigenvalue weighted by atomic mass is 10.1. The van der Waals surface area contributed by atoms with Gasteiger partial charge in [0.1, 0.15) is 11.7 Å². The molecule has 0 N–H and O–H groups in total. The summed E-state index contributed by atoms with van der Waals surface area (Å²) in [5, 5.41) is 0. The molecule has 0 unspecified atom stereocenters. The summed E-state index contributed by atoms with van der Waals surface area (Å²) in [6.45, 7) is 0.996. The SMILES string of the molecule is COc1cncc(O[C@H]2CCCN(C(=O)c3cccn(C)c3=O)C2)n1. The van der Waals surface area contributed by atoms with Crippen LogP contribution in [0.5, 0.6) is 11.8 Å². The Morgan fingerprint density at radius 2 is 2.12 bits per heavy atom. The number of pyridine rings is 1. The fourth-order valence-electron chi connectivity index (χ4n) is 2.81. The van der Waals surface area contributed by atoms with Gasteiger partial charge in [0, 0.05) is 19.8 Å². The van der Waals surface area contributed by atoms with Crippen molar-refractivity contribution in [2.75, 3.05) is 20.2 Å². The van der Waals surface area contributed by atoms with Crippen molar-refractivity contribution < 1.29 is 14.3 Å². The molecule has 0 aromatic carbocycles. The van der Waals surface area contributed by atoms with Gasteiger partial charge in [-0.25, -0.2) is 0 Å². The highest BCUT2D eigenvalue weighted by atomic mass is 16.5. The van der Waals surface area contributed by atoms with Gasteiger partial charge in [0.05, 0.1) is 26.0 Å². The number of ether oxygens (including phenoxy) is 2. The van der Waals surface area contributed by atoms with Crippen molar-refractivity contribution in [3.63, 3.8) is 0 Å². The Hall–Kier alpha value is -2.90. The summed E-state index contributed by atoms with van der Waals surface area (Å²) in [4.78, 5) is 34.7. The van der Waals surface area contributed by atoms with Crippen molar-refractivity contribution in [2.45, 2.75) is 18.9 Å². The lowest BCUT2D eigenvalue weighted by molar-refractivity contribution is 0.0523. The normalized spacial score (nSPS) is 17.2. The monoisotopic (exact) mass is 344 g/mol. The maximum atomic E-state index is 12.7. The van der Waals surface area contributed by atoms with E-state index in [1.807, 2.05) is 0 Å². The first kappa shape index (κ1) is 16.9. The van der Waals surface area contributed by atoms with Crippen LogP contribution in [0.15, 0.2) is 35.5 Å². The van der Waals surface area contributed by atoms with Crippen LogP contribution in [0.1, 0.15) is 23.2 Å². The number of amides is 1. The van der Waals surface area contributed by atoms with E-state index in [0.717, 1.165) is 12.8 Å². The second kappa shape index (κ2) is 7.33. The number of aryl methyl sites for hydroxylation is 1. The van der Waals surface area contributed by atoms with Crippen molar-refractivity contribution in [1.82, 2.24) is 19.4 Å². The maximum absolute atomic E-state index is 12.7. The molecule has 1 atom stereocenters. The van der Waals surface area contributed by atoms with E-state index in [1.54, 1.807) is 30.3 Å². The lowest BCUT2D eigenvalue weighted by Crippen LogP contribution is -2.46. The van der Waals surface area contributed by atoms with Gasteiger partial charge in [0.15, 0.2) is 0 Å². The van der Waals surface area contributed by atoms with Crippen LogP contribution in [0, 0.1) is 0 Å². The van der Waals surface area contributed by atoms with E-state index in [-0.39, 0.29) is 23.1 Å². The van der Waals surface area contributed by atoms with Crippen molar-refractivity contribution >= 4 is 5.91 Å². The largest absolute Gasteiger partial charge is 0.480 e. The molecule has 1 fully saturated rings. The molecular formula is C17H20N4O4. The molecule has 1 amide bonds. The Balaban J connectivity index is 1.71. The van der Waals surface area contributed by atoms with Gasteiger partial charge in [-0.2, -0.15) is 4.98 Å². The topological polar surface area (TPSA) is 86.5 Å². The van der Waals surface area contributed by atoms with Gasteiger partial charge >= 0.3 is 0 Å². The molecule has 2 aromatic rings. The Bertz CT molecular complexity index is 820. The van der Waals surface area contributed by atoms with Crippen molar-refractivity contribution in [3.05, 3.63) is 46.6 Å². The fraction of sp³-hybridized carbons (Fsp3) is 0.412. The Morgan fingerprint density at radius 3 is 2.92 bits per heavy atom. The van der Waals surface area contributed by atoms with Crippen LogP contribution in [0.25, 0.3) is 0 Å². The summed E-state index contributed by atoms with van der Waals surface area (Å²) >= 11 is 0. The highest BCUT2D eigenvalue weighted by Crippen LogP contribution is 2.19. The number of nitrogens with zero attached hydrogens (tertiary/aromatic N) is 4. The number of methoxy groups -OCH3 is 1. The average Bonchev–Trinajstić information content (AvgIpc) is 2.64. The van der Waals surface area contributed by atoms with Gasteiger partial charge in [-0.1, -0.05) is 0 Å². The fourth-order valence-corrected chi connectivity index (χ4v) is 2.81. The van der Waals surface area contributed by atoms with Gasteiger partial charge < -0.3 is 18.9 Å². The molecule has 3 heterocycles. The average molecular weight is 344 g/mol. The number of carbonyl (C=O) groups excluding carboxylic acids is 1. The summed E-state index contributed by atoms with van der Waals surface area (Å²) in [6, 6.07) is 3.25. The highest BCUT2D eigenvalue weighted by Gasteiger charge is 2.27. The summed E-state index contributed by atoms with van der Waals surface area (Å²) in [5.41, 5.74) is -0.124. The second-order valence-electron chi connectivity index (χ2n) is 5.87. The van der Waals surface area contributed by atoms with Crippen LogP contribution < -0.4 is 15.0 Å². The third-order valence-electron chi connectivity index (χ3n) is 4.11. The van der Waals surface area contributed by atoms with Crippen LogP contribution in [0.3, 0.4) is 0 Å². The zero-order valence-corrected chi connectivity index (χ0v) is 14.2. The number of carbonyl (C=O) groups is 1. The molecule has 1 aliphatic rings. The van der Waals surface area contributed by atoms with E-state index in [9.17, 15) is 9.59 Å². The zero-order chi connectivity index (χ0) is 17.8. The minimum Gasteiger partial charge on any atom is -0.480 e. The summed E-state index contributed by atoms with van der Waals surface area (Å²) in [5.74, 6) is 0.453. The van der Waals surface area contributed by atoms with E-state index in [1.165, 1.54) is 24.1 Å². The third kappa shape index (κ3) is 3.78. The van der Waals surface area contributed by atoms with Gasteiger partial charge in [0.25, 0.3) is 11.5 Å². The summed E-state index contributed by atoms with van der Waals surface area (Å²) in [6.07, 6.45) is 6.02. The van der Waals surface area contributed by atoms with E-state index >= 15 is 0 Å². The molecule has 2 aromatic heterocycles. The van der Waals surface area contributed by atoms with E-state index in [2.05, 4.69) is 9.97 Å². The quantitative estimate of drug-likeness (QED) is 0.818. The number of piperidine rings is 1. The predicted octanol–water partition coefficient (Wildman–Crippen LogP) is 0.867. The Labute approximate surface area is 145 Å². The maximum Gasteiger partial charge on any atom is 0.263 e. The lowest BCUT2D eigenvalue weighted by Gasteiger charge is -2.32. The minimum absolute atomic E-state index is 0.173. The molecule has 0 bridgehead atoms. The first-order valence-corrected chi connectivity index (χ1v) is 8.06. The smallest absolute Gasteiger partial charge is 0.263 e. The number of hydrogen-bond donors (Lipinski definition) is 0. The number of likely N-dealkylation sites (tertiary alicyclic amines) is 1. The van der Waals surface area contributed by atoms with Gasteiger partial charge in [-0.05, 0) is 25.0 Å². The molecule has 132 valence electrons. The van der Waals surface area contributed by atoms with Crippen LogP contribution in [-0.4, -0.2) is 51.6 Å². The summed E-state index contributed by atoms with van der Waals surface area (Å²) in [7, 11) is 3.14. The molecule has 8 nitrogen and oxygen atoms in total. The van der Waals surface area contributed by atoms with E-state index in [4.69, 9.17) is 9.47 Å². The molecule has 0 saturated carbocycles. The molecule has 0 spiro atoms. The van der Waals surface area contributed by atoms with Crippen molar-refractivity contribution in [1.29, 1.82) is 0 Å². The molecule has 25 heavy (non-hydrogen) atoms. The molecule has 3 rings (SSSR count). The van der Waals surface area contributed by atoms with Crippen LogP contribution in [-0.2, 0) is 7.05 Å². The third-order valence-corrected chi connectivity index (χ3v) is 4.11. The first-order chi connectivity index (χ1) is 12.1. The number of hydrogen-bond acceptors (Lipinski definition) is 6. The molecule has 1 aliphatic heterocycles. The van der Waals surface area contributed by atoms with Crippen LogP contribution in [0.4, 0.5) is 0 Å². The zero-order valence-electron chi connectivity index (χ0n) is 14.2. The van der Waals surface area contributed by atoms with Crippen LogP contribution >= 0.6 is 0 Å². The number of rotatable bonds is 4. The predicted molar refractivity (Wildman–Crippen MR) is 89.8 cm³/mol. The van der Waals surface area contributed by atoms with E-state index < -0.39 is 0 Å². The minimum atomic E-state index is -0.297. The van der Waals surface area contributed by atoms with Crippen molar-refractivity contribution in [2.24, 2.45) is 7.05 Å². The highest BCUT2D eigenvalue weighted by molar-refractivity contribution is 5.93. The molecule has 0 aliphatic carbocycles. The molecule has 0 radical (unpaired) electrons. The second-order valence-corrected chi connectivity index (χ2v) is 5.87. The van der Waals surface area contributed by atoms with Gasteiger partial charge in [-0.3, -0.25) is 14.6 Å². The Kier molecular flexibility index (Phi) is 4.97.